The molecule has 5 heteroatoms. The van der Waals surface area contributed by atoms with Gasteiger partial charge in [0.25, 0.3) is 0 Å². The lowest BCUT2D eigenvalue weighted by Gasteiger charge is -1.70. The third-order valence-electron chi connectivity index (χ3n) is 2.57. The van der Waals surface area contributed by atoms with Crippen molar-refractivity contribution in [1.82, 2.24) is 15.0 Å². The van der Waals surface area contributed by atoms with E-state index < -0.39 is 0 Å². The molecule has 0 aliphatic carbocycles. The minimum absolute atomic E-state index is 1.60. The number of nitrogens with zero attached hydrogens (tertiary/aromatic N) is 3. The van der Waals surface area contributed by atoms with Gasteiger partial charge in [0.2, 0.25) is 0 Å². The van der Waals surface area contributed by atoms with Crippen LogP contribution in [0.1, 0.15) is 0 Å². The Balaban J connectivity index is 0.000000175. The van der Waals surface area contributed by atoms with Crippen LogP contribution in [0.4, 0.5) is 0 Å². The molecule has 0 aliphatic heterocycles. The van der Waals surface area contributed by atoms with E-state index in [1.54, 1.807) is 60.4 Å². The molecule has 0 saturated heterocycles. The number of furan rings is 1. The molecule has 4 aromatic heterocycles. The molecule has 4 heterocycles. The molecule has 0 radical (unpaired) electrons. The Morgan fingerprint density at radius 3 is 1.00 bits per heavy atom. The van der Waals surface area contributed by atoms with E-state index in [0.717, 1.165) is 0 Å². The van der Waals surface area contributed by atoms with Crippen LogP contribution >= 0.6 is 11.3 Å². The molecule has 28 heavy (non-hydrogen) atoms. The van der Waals surface area contributed by atoms with Crippen molar-refractivity contribution in [3.8, 4) is 0 Å². The van der Waals surface area contributed by atoms with E-state index in [2.05, 4.69) is 19.4 Å². The van der Waals surface area contributed by atoms with Crippen LogP contribution in [-0.4, -0.2) is 15.0 Å². The number of thiazole rings is 1. The summed E-state index contributed by atoms with van der Waals surface area (Å²) in [7, 11) is 0. The molecule has 4 nitrogen and oxygen atoms in total. The minimum atomic E-state index is 1.60. The number of hydrogen-bond donors (Lipinski definition) is 0. The average molecular weight is 390 g/mol. The molecule has 0 amide bonds. The number of aromatic nitrogens is 3. The van der Waals surface area contributed by atoms with E-state index in [1.807, 2.05) is 90.3 Å². The summed E-state index contributed by atoms with van der Waals surface area (Å²) < 4.78 is 4.58. The molecule has 5 aromatic rings. The monoisotopic (exact) mass is 389 g/mol. The van der Waals surface area contributed by atoms with Crippen LogP contribution < -0.4 is 0 Å². The lowest BCUT2D eigenvalue weighted by atomic mass is 10.4. The first-order valence-corrected chi connectivity index (χ1v) is 9.43. The second-order valence-electron chi connectivity index (χ2n) is 4.67. The van der Waals surface area contributed by atoms with Gasteiger partial charge in [-0.2, -0.15) is 0 Å². The van der Waals surface area contributed by atoms with Crippen LogP contribution in [0.15, 0.2) is 144 Å². The fourth-order valence-corrected chi connectivity index (χ4v) is 1.76. The molecule has 0 unspecified atom stereocenters. The van der Waals surface area contributed by atoms with Gasteiger partial charge < -0.3 is 4.42 Å². The predicted molar refractivity (Wildman–Crippen MR) is 116 cm³/mol. The normalized spacial score (nSPS) is 8.00. The highest BCUT2D eigenvalue weighted by molar-refractivity contribution is 7.07. The Labute approximate surface area is 170 Å². The highest BCUT2D eigenvalue weighted by Gasteiger charge is 1.60. The Hall–Kier alpha value is -3.57. The summed E-state index contributed by atoms with van der Waals surface area (Å²) in [5.41, 5.74) is 1.79. The fraction of sp³-hybridized carbons (Fsp3) is 0. The molecule has 0 spiro atoms. The van der Waals surface area contributed by atoms with E-state index in [0.29, 0.717) is 0 Å². The lowest BCUT2D eigenvalue weighted by Crippen LogP contribution is -1.58. The highest BCUT2D eigenvalue weighted by Crippen LogP contribution is 1.86. The molecule has 0 saturated carbocycles. The maximum absolute atomic E-state index is 4.58. The van der Waals surface area contributed by atoms with E-state index in [1.165, 1.54) is 0 Å². The van der Waals surface area contributed by atoms with Crippen molar-refractivity contribution in [2.24, 2.45) is 0 Å². The van der Waals surface area contributed by atoms with E-state index in [9.17, 15) is 0 Å². The number of rotatable bonds is 0. The van der Waals surface area contributed by atoms with E-state index in [4.69, 9.17) is 0 Å². The predicted octanol–water partition coefficient (Wildman–Crippen LogP) is 6.27. The molecule has 0 aliphatic rings. The van der Waals surface area contributed by atoms with Gasteiger partial charge in [-0.05, 0) is 36.4 Å². The van der Waals surface area contributed by atoms with Gasteiger partial charge in [0, 0.05) is 36.4 Å². The highest BCUT2D eigenvalue weighted by atomic mass is 32.1. The van der Waals surface area contributed by atoms with Gasteiger partial charge >= 0.3 is 0 Å². The maximum atomic E-state index is 4.58. The molecule has 0 N–H and O–H groups in total. The zero-order valence-corrected chi connectivity index (χ0v) is 16.3. The molecular weight excluding hydrogens is 366 g/mol. The van der Waals surface area contributed by atoms with E-state index >= 15 is 0 Å². The van der Waals surface area contributed by atoms with E-state index in [-0.39, 0.29) is 0 Å². The van der Waals surface area contributed by atoms with Crippen molar-refractivity contribution in [3.63, 3.8) is 0 Å². The van der Waals surface area contributed by atoms with Gasteiger partial charge in [0.05, 0.1) is 18.0 Å². The molecule has 5 rings (SSSR count). The lowest BCUT2D eigenvalue weighted by molar-refractivity contribution is 0.567. The summed E-state index contributed by atoms with van der Waals surface area (Å²) in [6.07, 6.45) is 12.0. The van der Waals surface area contributed by atoms with Crippen molar-refractivity contribution < 1.29 is 4.42 Å². The number of hydrogen-bond acceptors (Lipinski definition) is 5. The zero-order valence-electron chi connectivity index (χ0n) is 15.4. The first-order valence-electron chi connectivity index (χ1n) is 8.49. The summed E-state index contributed by atoms with van der Waals surface area (Å²) in [5, 5.41) is 1.93. The minimum Gasteiger partial charge on any atom is -0.473 e. The Bertz CT molecular complexity index is 594. The molecular formula is C23H23N3OS. The molecule has 0 atom stereocenters. The molecule has 1 aromatic carbocycles. The molecule has 142 valence electrons. The zero-order chi connectivity index (χ0) is 19.8. The van der Waals surface area contributed by atoms with Crippen molar-refractivity contribution >= 4 is 11.3 Å². The molecule has 0 fully saturated rings. The first kappa shape index (κ1) is 22.5. The first-order chi connectivity index (χ1) is 14.0. The average Bonchev–Trinajstić information content (AvgIpc) is 3.58. The van der Waals surface area contributed by atoms with Crippen LogP contribution in [0.2, 0.25) is 0 Å². The molecule has 0 bridgehead atoms. The van der Waals surface area contributed by atoms with Crippen LogP contribution in [0.25, 0.3) is 0 Å². The Kier molecular flexibility index (Phi) is 15.9. The standard InChI is InChI=1S/C6H6.2C5H5N.C4H4O.C3H3NS/c3*1-2-4-6-5-3-1;1-2-4-5-3-1;1-2-5-3-4-1/h1-6H;2*1-5H;1-4H;1-3H. The summed E-state index contributed by atoms with van der Waals surface area (Å²) in [4.78, 5) is 11.3. The van der Waals surface area contributed by atoms with Crippen molar-refractivity contribution in [2.45, 2.75) is 0 Å². The fourth-order valence-electron chi connectivity index (χ4n) is 1.41. The summed E-state index contributed by atoms with van der Waals surface area (Å²) in [6, 6.07) is 27.1. The topological polar surface area (TPSA) is 51.8 Å². The van der Waals surface area contributed by atoms with Gasteiger partial charge in [0.15, 0.2) is 0 Å². The Morgan fingerprint density at radius 1 is 0.429 bits per heavy atom. The van der Waals surface area contributed by atoms with Crippen LogP contribution in [0.5, 0.6) is 0 Å². The maximum Gasteiger partial charge on any atom is 0.0902 e. The second-order valence-corrected chi connectivity index (χ2v) is 5.43. The van der Waals surface area contributed by atoms with Crippen LogP contribution in [0.3, 0.4) is 0 Å². The second kappa shape index (κ2) is 19.8. The van der Waals surface area contributed by atoms with Gasteiger partial charge in [-0.15, -0.1) is 11.3 Å². The smallest absolute Gasteiger partial charge is 0.0902 e. The van der Waals surface area contributed by atoms with Crippen molar-refractivity contribution in [1.29, 1.82) is 0 Å². The van der Waals surface area contributed by atoms with Gasteiger partial charge in [-0.25, -0.2) is 0 Å². The number of pyridine rings is 2. The van der Waals surface area contributed by atoms with Crippen LogP contribution in [-0.2, 0) is 0 Å². The summed E-state index contributed by atoms with van der Waals surface area (Å²) in [6.45, 7) is 0. The summed E-state index contributed by atoms with van der Waals surface area (Å²) >= 11 is 1.60. The third-order valence-corrected chi connectivity index (χ3v) is 3.09. The summed E-state index contributed by atoms with van der Waals surface area (Å²) in [5.74, 6) is 0. The number of benzene rings is 1. The van der Waals surface area contributed by atoms with Gasteiger partial charge in [-0.3, -0.25) is 15.0 Å². The van der Waals surface area contributed by atoms with Crippen LogP contribution in [0, 0.1) is 0 Å². The Morgan fingerprint density at radius 2 is 0.857 bits per heavy atom. The third kappa shape index (κ3) is 17.3. The quantitative estimate of drug-likeness (QED) is 0.313. The van der Waals surface area contributed by atoms with Crippen molar-refractivity contribution in [3.05, 3.63) is 139 Å². The van der Waals surface area contributed by atoms with Gasteiger partial charge in [0.1, 0.15) is 0 Å². The van der Waals surface area contributed by atoms with Gasteiger partial charge in [-0.1, -0.05) is 48.5 Å². The van der Waals surface area contributed by atoms with Crippen molar-refractivity contribution in [2.75, 3.05) is 0 Å². The largest absolute Gasteiger partial charge is 0.473 e. The SMILES string of the molecule is c1ccccc1.c1ccncc1.c1ccncc1.c1ccoc1.c1cscn1.